The molecule has 0 aromatic heterocycles. The van der Waals surface area contributed by atoms with Crippen LogP contribution in [0.3, 0.4) is 0 Å². The molecule has 5 N–H and O–H groups in total. The second kappa shape index (κ2) is 37.4. The third-order valence-corrected chi connectivity index (χ3v) is 10.1. The molecular formula is C40H72BrN5O4S. The van der Waals surface area contributed by atoms with Crippen LogP contribution in [0.1, 0.15) is 142 Å². The van der Waals surface area contributed by atoms with Crippen LogP contribution in [-0.4, -0.2) is 58.5 Å². The molecule has 9 nitrogen and oxygen atoms in total. The van der Waals surface area contributed by atoms with E-state index in [1.807, 2.05) is 0 Å². The lowest BCUT2D eigenvalue weighted by atomic mass is 10.1. The maximum absolute atomic E-state index is 12.1. The molecule has 11 heteroatoms. The van der Waals surface area contributed by atoms with Gasteiger partial charge in [0.25, 0.3) is 0 Å². The SMILES string of the molecule is CCCCCNC(=O)NCCCC/C=C\CCCCCBr.CCCCCNC(=O)NCCCC/C=C\CCCCCNS(=O)(=O)c1ccccc1. The largest absolute Gasteiger partial charge is 0.338 e. The van der Waals surface area contributed by atoms with Gasteiger partial charge in [0.2, 0.25) is 10.0 Å². The van der Waals surface area contributed by atoms with Crippen molar-refractivity contribution in [2.24, 2.45) is 0 Å². The summed E-state index contributed by atoms with van der Waals surface area (Å²) in [6, 6.07) is 8.38. The number of hydrogen-bond donors (Lipinski definition) is 5. The fraction of sp³-hybridized carbons (Fsp3) is 0.700. The minimum absolute atomic E-state index is 0.0200. The van der Waals surface area contributed by atoms with Crippen LogP contribution in [0.25, 0.3) is 0 Å². The number of unbranched alkanes of at least 4 members (excludes halogenated alkanes) is 14. The number of carbonyl (C=O) groups is 2. The smallest absolute Gasteiger partial charge is 0.314 e. The molecule has 0 spiro atoms. The number of hydrogen-bond acceptors (Lipinski definition) is 4. The summed E-state index contributed by atoms with van der Waals surface area (Å²) < 4.78 is 26.8. The van der Waals surface area contributed by atoms with Crippen LogP contribution in [0.15, 0.2) is 59.5 Å². The fourth-order valence-corrected chi connectivity index (χ4v) is 6.41. The van der Waals surface area contributed by atoms with Gasteiger partial charge in [0.15, 0.2) is 0 Å². The third-order valence-electron chi connectivity index (χ3n) is 8.03. The number of carbonyl (C=O) groups excluding carboxylic acids is 2. The Balaban J connectivity index is 0.00000105. The molecule has 51 heavy (non-hydrogen) atoms. The Kier molecular flexibility index (Phi) is 35.7. The highest BCUT2D eigenvalue weighted by molar-refractivity contribution is 9.09. The van der Waals surface area contributed by atoms with Crippen LogP contribution >= 0.6 is 15.9 Å². The average Bonchev–Trinajstić information content (AvgIpc) is 3.13. The van der Waals surface area contributed by atoms with Gasteiger partial charge in [0, 0.05) is 38.1 Å². The van der Waals surface area contributed by atoms with Gasteiger partial charge >= 0.3 is 12.1 Å². The number of allylic oxidation sites excluding steroid dienone is 4. The summed E-state index contributed by atoms with van der Waals surface area (Å²) in [6.07, 6.45) is 31.1. The summed E-state index contributed by atoms with van der Waals surface area (Å²) >= 11 is 3.45. The summed E-state index contributed by atoms with van der Waals surface area (Å²) in [5, 5.41) is 12.7. The first-order valence-electron chi connectivity index (χ1n) is 19.8. The zero-order chi connectivity index (χ0) is 37.5. The number of nitrogens with one attached hydrogen (secondary N) is 5. The van der Waals surface area contributed by atoms with Gasteiger partial charge < -0.3 is 21.3 Å². The van der Waals surface area contributed by atoms with E-state index >= 15 is 0 Å². The van der Waals surface area contributed by atoms with Crippen molar-refractivity contribution in [3.63, 3.8) is 0 Å². The molecule has 0 saturated carbocycles. The molecule has 0 aliphatic heterocycles. The number of urea groups is 2. The highest BCUT2D eigenvalue weighted by Crippen LogP contribution is 2.08. The van der Waals surface area contributed by atoms with E-state index in [1.54, 1.807) is 30.3 Å². The average molecular weight is 799 g/mol. The third kappa shape index (κ3) is 34.5. The molecule has 0 aliphatic carbocycles. The molecular weight excluding hydrogens is 726 g/mol. The molecule has 0 bridgehead atoms. The summed E-state index contributed by atoms with van der Waals surface area (Å²) in [7, 11) is -3.38. The van der Waals surface area contributed by atoms with Gasteiger partial charge in [-0.05, 0) is 102 Å². The zero-order valence-electron chi connectivity index (χ0n) is 32.0. The van der Waals surface area contributed by atoms with Crippen LogP contribution in [0, 0.1) is 0 Å². The summed E-state index contributed by atoms with van der Waals surface area (Å²) in [5.74, 6) is 0. The van der Waals surface area contributed by atoms with Crippen molar-refractivity contribution in [2.45, 2.75) is 147 Å². The Morgan fingerprint density at radius 1 is 0.529 bits per heavy atom. The number of amides is 4. The Bertz CT molecular complexity index is 1100. The van der Waals surface area contributed by atoms with Gasteiger partial charge in [0.05, 0.1) is 4.90 Å². The number of halogens is 1. The fourth-order valence-electron chi connectivity index (χ4n) is 4.92. The first-order valence-corrected chi connectivity index (χ1v) is 22.4. The Hall–Kier alpha value is -2.37. The van der Waals surface area contributed by atoms with E-state index in [-0.39, 0.29) is 12.1 Å². The first-order chi connectivity index (χ1) is 24.9. The Morgan fingerprint density at radius 3 is 1.31 bits per heavy atom. The topological polar surface area (TPSA) is 128 Å². The predicted octanol–water partition coefficient (Wildman–Crippen LogP) is 9.90. The van der Waals surface area contributed by atoms with E-state index < -0.39 is 10.0 Å². The van der Waals surface area contributed by atoms with Crippen LogP contribution in [0.2, 0.25) is 0 Å². The first kappa shape index (κ1) is 48.6. The van der Waals surface area contributed by atoms with Crippen LogP contribution in [0.5, 0.6) is 0 Å². The lowest BCUT2D eigenvalue weighted by molar-refractivity contribution is 0.239. The van der Waals surface area contributed by atoms with Crippen molar-refractivity contribution in [3.8, 4) is 0 Å². The highest BCUT2D eigenvalue weighted by Gasteiger charge is 2.11. The maximum Gasteiger partial charge on any atom is 0.314 e. The van der Waals surface area contributed by atoms with Gasteiger partial charge in [-0.1, -0.05) is 111 Å². The molecule has 1 rings (SSSR count). The molecule has 0 radical (unpaired) electrons. The number of sulfonamides is 1. The van der Waals surface area contributed by atoms with Crippen LogP contribution in [-0.2, 0) is 10.0 Å². The molecule has 1 aromatic rings. The van der Waals surface area contributed by atoms with Crippen molar-refractivity contribution in [1.82, 2.24) is 26.0 Å². The lowest BCUT2D eigenvalue weighted by Crippen LogP contribution is -2.36. The summed E-state index contributed by atoms with van der Waals surface area (Å²) in [6.45, 7) is 7.82. The van der Waals surface area contributed by atoms with E-state index in [1.165, 1.54) is 38.5 Å². The van der Waals surface area contributed by atoms with Gasteiger partial charge in [-0.3, -0.25) is 0 Å². The second-order valence-electron chi connectivity index (χ2n) is 12.8. The predicted molar refractivity (Wildman–Crippen MR) is 220 cm³/mol. The quantitative estimate of drug-likeness (QED) is 0.0291. The summed E-state index contributed by atoms with van der Waals surface area (Å²) in [4.78, 5) is 23.3. The molecule has 294 valence electrons. The number of rotatable bonds is 31. The van der Waals surface area contributed by atoms with E-state index in [0.29, 0.717) is 18.0 Å². The minimum atomic E-state index is -3.38. The van der Waals surface area contributed by atoms with Gasteiger partial charge in [-0.25, -0.2) is 22.7 Å². The number of alkyl halides is 1. The van der Waals surface area contributed by atoms with Gasteiger partial charge in [-0.2, -0.15) is 0 Å². The van der Waals surface area contributed by atoms with Crippen molar-refractivity contribution in [2.75, 3.05) is 38.1 Å². The van der Waals surface area contributed by atoms with Crippen LogP contribution < -0.4 is 26.0 Å². The molecule has 0 fully saturated rings. The molecule has 0 saturated heterocycles. The molecule has 0 heterocycles. The normalized spacial score (nSPS) is 11.4. The zero-order valence-corrected chi connectivity index (χ0v) is 34.4. The van der Waals surface area contributed by atoms with Gasteiger partial charge in [-0.15, -0.1) is 0 Å². The standard InChI is InChI=1S/C23H39N3O3S.C17H33BrN2O/c1-2-3-14-19-24-23(27)25-20-15-9-7-5-4-6-8-10-16-21-26-30(28,29)22-17-12-11-13-18-22;1-2-3-12-15-19-17(21)20-16-13-10-8-6-4-5-7-9-11-14-18/h4-5,11-13,17-18,26H,2-3,6-10,14-16,19-21H2,1H3,(H2,24,25,27);4,6H,2-3,5,7-16H2,1H3,(H2,19,20,21)/b5-4-;6-4-. The maximum atomic E-state index is 12.1. The lowest BCUT2D eigenvalue weighted by Gasteiger charge is -2.06. The van der Waals surface area contributed by atoms with Gasteiger partial charge in [0.1, 0.15) is 0 Å². The van der Waals surface area contributed by atoms with Crippen molar-refractivity contribution in [1.29, 1.82) is 0 Å². The highest BCUT2D eigenvalue weighted by atomic mass is 79.9. The van der Waals surface area contributed by atoms with E-state index in [9.17, 15) is 18.0 Å². The monoisotopic (exact) mass is 797 g/mol. The molecule has 0 aliphatic rings. The number of benzene rings is 1. The van der Waals surface area contributed by atoms with Crippen molar-refractivity contribution in [3.05, 3.63) is 54.6 Å². The Morgan fingerprint density at radius 2 is 0.902 bits per heavy atom. The molecule has 0 atom stereocenters. The summed E-state index contributed by atoms with van der Waals surface area (Å²) in [5.41, 5.74) is 0. The Labute approximate surface area is 320 Å². The molecule has 1 aromatic carbocycles. The van der Waals surface area contributed by atoms with E-state index in [4.69, 9.17) is 0 Å². The second-order valence-corrected chi connectivity index (χ2v) is 15.4. The van der Waals surface area contributed by atoms with Crippen LogP contribution in [0.4, 0.5) is 9.59 Å². The van der Waals surface area contributed by atoms with Crippen molar-refractivity contribution < 1.29 is 18.0 Å². The van der Waals surface area contributed by atoms with E-state index in [0.717, 1.165) is 115 Å². The van der Waals surface area contributed by atoms with E-state index in [2.05, 4.69) is 80.1 Å². The molecule has 0 unspecified atom stereocenters. The molecule has 4 amide bonds. The van der Waals surface area contributed by atoms with Crippen molar-refractivity contribution >= 4 is 38.0 Å². The minimum Gasteiger partial charge on any atom is -0.338 e.